The molecule has 0 aliphatic carbocycles. The van der Waals surface area contributed by atoms with Gasteiger partial charge in [0.1, 0.15) is 17.2 Å². The predicted octanol–water partition coefficient (Wildman–Crippen LogP) is 4.65. The summed E-state index contributed by atoms with van der Waals surface area (Å²) in [7, 11) is -2.07. The molecule has 152 valence electrons. The van der Waals surface area contributed by atoms with E-state index in [1.54, 1.807) is 55.8 Å². The lowest BCUT2D eigenvalue weighted by atomic mass is 10.1. The highest BCUT2D eigenvalue weighted by Gasteiger charge is 2.26. The van der Waals surface area contributed by atoms with Crippen molar-refractivity contribution < 1.29 is 17.9 Å². The maximum absolute atomic E-state index is 13.0. The van der Waals surface area contributed by atoms with Crippen LogP contribution in [0.15, 0.2) is 78.0 Å². The molecule has 2 aromatic carbocycles. The van der Waals surface area contributed by atoms with E-state index in [0.29, 0.717) is 18.1 Å². The molecule has 0 aliphatic heterocycles. The molecular formula is C22H24N2O4S. The Balaban J connectivity index is 1.72. The molecule has 0 N–H and O–H groups in total. The van der Waals surface area contributed by atoms with E-state index in [1.165, 1.54) is 4.31 Å². The Morgan fingerprint density at radius 1 is 0.897 bits per heavy atom. The first kappa shape index (κ1) is 20.8. The highest BCUT2D eigenvalue weighted by atomic mass is 32.2. The number of benzene rings is 2. The van der Waals surface area contributed by atoms with Gasteiger partial charge in [-0.2, -0.15) is 4.31 Å². The van der Waals surface area contributed by atoms with Gasteiger partial charge in [0.15, 0.2) is 0 Å². The number of sulfonamides is 1. The van der Waals surface area contributed by atoms with Crippen LogP contribution in [0.3, 0.4) is 0 Å². The van der Waals surface area contributed by atoms with Crippen molar-refractivity contribution in [1.29, 1.82) is 0 Å². The molecule has 6 nitrogen and oxygen atoms in total. The molecule has 7 heteroatoms. The summed E-state index contributed by atoms with van der Waals surface area (Å²) in [6, 6.07) is 17.0. The van der Waals surface area contributed by atoms with Crippen LogP contribution in [0.1, 0.15) is 25.5 Å². The number of aromatic nitrogens is 1. The van der Waals surface area contributed by atoms with Crippen molar-refractivity contribution in [2.24, 2.45) is 0 Å². The highest BCUT2D eigenvalue weighted by molar-refractivity contribution is 7.89. The molecule has 0 amide bonds. The second-order valence-electron chi connectivity index (χ2n) is 6.46. The standard InChI is InChI=1S/C22H24N2O4S/c1-4-27-19-5-7-20(8-6-19)28-21-9-11-22(12-10-21)29(25,26)24(3)17(2)18-13-15-23-16-14-18/h5-17H,4H2,1-3H3. The SMILES string of the molecule is CCOc1ccc(Oc2ccc(S(=O)(=O)N(C)C(C)c3ccncc3)cc2)cc1. The monoisotopic (exact) mass is 412 g/mol. The van der Waals surface area contributed by atoms with Crippen LogP contribution in [0.25, 0.3) is 0 Å². The van der Waals surface area contributed by atoms with E-state index < -0.39 is 10.0 Å². The first-order valence-corrected chi connectivity index (χ1v) is 10.7. The highest BCUT2D eigenvalue weighted by Crippen LogP contribution is 2.28. The molecule has 3 rings (SSSR count). The van der Waals surface area contributed by atoms with Crippen LogP contribution in [0.2, 0.25) is 0 Å². The van der Waals surface area contributed by atoms with Crippen molar-refractivity contribution in [1.82, 2.24) is 9.29 Å². The summed E-state index contributed by atoms with van der Waals surface area (Å²) in [6.07, 6.45) is 3.30. The second kappa shape index (κ2) is 9.07. The molecule has 1 unspecified atom stereocenters. The Hall–Kier alpha value is -2.90. The first-order chi connectivity index (χ1) is 13.9. The average Bonchev–Trinajstić information content (AvgIpc) is 2.75. The zero-order chi connectivity index (χ0) is 20.9. The molecule has 0 saturated carbocycles. The number of hydrogen-bond acceptors (Lipinski definition) is 5. The van der Waals surface area contributed by atoms with Crippen molar-refractivity contribution in [2.45, 2.75) is 24.8 Å². The second-order valence-corrected chi connectivity index (χ2v) is 8.45. The number of hydrogen-bond donors (Lipinski definition) is 0. The molecule has 1 aromatic heterocycles. The summed E-state index contributed by atoms with van der Waals surface area (Å²) in [6.45, 7) is 4.37. The molecule has 0 bridgehead atoms. The Kier molecular flexibility index (Phi) is 6.51. The van der Waals surface area contributed by atoms with E-state index in [-0.39, 0.29) is 10.9 Å². The molecule has 1 heterocycles. The van der Waals surface area contributed by atoms with Crippen LogP contribution in [-0.4, -0.2) is 31.4 Å². The zero-order valence-corrected chi connectivity index (χ0v) is 17.5. The maximum atomic E-state index is 13.0. The largest absolute Gasteiger partial charge is 0.494 e. The van der Waals surface area contributed by atoms with Gasteiger partial charge in [-0.15, -0.1) is 0 Å². The molecule has 29 heavy (non-hydrogen) atoms. The van der Waals surface area contributed by atoms with Gasteiger partial charge >= 0.3 is 0 Å². The molecule has 0 aliphatic rings. The van der Waals surface area contributed by atoms with Crippen molar-refractivity contribution in [3.05, 3.63) is 78.6 Å². The fraction of sp³-hybridized carbons (Fsp3) is 0.227. The van der Waals surface area contributed by atoms with Gasteiger partial charge < -0.3 is 9.47 Å². The van der Waals surface area contributed by atoms with E-state index in [9.17, 15) is 8.42 Å². The van der Waals surface area contributed by atoms with Gasteiger partial charge in [0.25, 0.3) is 0 Å². The third-order valence-corrected chi connectivity index (χ3v) is 6.55. The summed E-state index contributed by atoms with van der Waals surface area (Å²) in [5.74, 6) is 1.97. The molecule has 0 fully saturated rings. The van der Waals surface area contributed by atoms with Crippen LogP contribution in [0.4, 0.5) is 0 Å². The Morgan fingerprint density at radius 3 is 1.97 bits per heavy atom. The number of ether oxygens (including phenoxy) is 2. The van der Waals surface area contributed by atoms with Crippen LogP contribution in [0.5, 0.6) is 17.2 Å². The normalized spacial score (nSPS) is 12.6. The Bertz CT molecular complexity index is 1020. The maximum Gasteiger partial charge on any atom is 0.243 e. The molecule has 0 radical (unpaired) electrons. The molecule has 1 atom stereocenters. The van der Waals surface area contributed by atoms with Gasteiger partial charge in [-0.1, -0.05) is 0 Å². The lowest BCUT2D eigenvalue weighted by Gasteiger charge is -2.24. The summed E-state index contributed by atoms with van der Waals surface area (Å²) in [4.78, 5) is 4.18. The van der Waals surface area contributed by atoms with Crippen molar-refractivity contribution in [3.63, 3.8) is 0 Å². The molecule has 3 aromatic rings. The van der Waals surface area contributed by atoms with Gasteiger partial charge in [-0.3, -0.25) is 4.98 Å². The van der Waals surface area contributed by atoms with Crippen LogP contribution in [-0.2, 0) is 10.0 Å². The quantitative estimate of drug-likeness (QED) is 0.538. The van der Waals surface area contributed by atoms with E-state index in [2.05, 4.69) is 4.98 Å². The van der Waals surface area contributed by atoms with Crippen molar-refractivity contribution >= 4 is 10.0 Å². The molecule has 0 spiro atoms. The van der Waals surface area contributed by atoms with Gasteiger partial charge in [0.2, 0.25) is 10.0 Å². The summed E-state index contributed by atoms with van der Waals surface area (Å²) in [5.41, 5.74) is 0.876. The first-order valence-electron chi connectivity index (χ1n) is 9.30. The summed E-state index contributed by atoms with van der Waals surface area (Å²) >= 11 is 0. The fourth-order valence-corrected chi connectivity index (χ4v) is 4.16. The van der Waals surface area contributed by atoms with Gasteiger partial charge in [0.05, 0.1) is 11.5 Å². The zero-order valence-electron chi connectivity index (χ0n) is 16.6. The van der Waals surface area contributed by atoms with Crippen molar-refractivity contribution in [2.75, 3.05) is 13.7 Å². The summed E-state index contributed by atoms with van der Waals surface area (Å²) < 4.78 is 38.5. The lowest BCUT2D eigenvalue weighted by molar-refractivity contribution is 0.339. The number of nitrogens with zero attached hydrogens (tertiary/aromatic N) is 2. The third-order valence-electron chi connectivity index (χ3n) is 4.61. The predicted molar refractivity (Wildman–Crippen MR) is 112 cm³/mol. The Labute approximate surface area is 171 Å². The number of rotatable bonds is 8. The smallest absolute Gasteiger partial charge is 0.243 e. The van der Waals surface area contributed by atoms with Gasteiger partial charge in [-0.25, -0.2) is 8.42 Å². The minimum Gasteiger partial charge on any atom is -0.494 e. The van der Waals surface area contributed by atoms with Crippen LogP contribution < -0.4 is 9.47 Å². The van der Waals surface area contributed by atoms with E-state index in [1.807, 2.05) is 38.1 Å². The van der Waals surface area contributed by atoms with Crippen molar-refractivity contribution in [3.8, 4) is 17.2 Å². The number of pyridine rings is 1. The van der Waals surface area contributed by atoms with Gasteiger partial charge in [0, 0.05) is 25.5 Å². The molecule has 0 saturated heterocycles. The van der Waals surface area contributed by atoms with Crippen LogP contribution in [0, 0.1) is 0 Å². The van der Waals surface area contributed by atoms with Crippen LogP contribution >= 0.6 is 0 Å². The summed E-state index contributed by atoms with van der Waals surface area (Å²) in [5, 5.41) is 0. The average molecular weight is 413 g/mol. The van der Waals surface area contributed by atoms with E-state index in [4.69, 9.17) is 9.47 Å². The minimum atomic E-state index is -3.65. The van der Waals surface area contributed by atoms with Gasteiger partial charge in [-0.05, 0) is 80.1 Å². The topological polar surface area (TPSA) is 68.7 Å². The minimum absolute atomic E-state index is 0.208. The van der Waals surface area contributed by atoms with E-state index in [0.717, 1.165) is 11.3 Å². The van der Waals surface area contributed by atoms with E-state index >= 15 is 0 Å². The molecular weight excluding hydrogens is 388 g/mol. The fourth-order valence-electron chi connectivity index (χ4n) is 2.81. The lowest BCUT2D eigenvalue weighted by Crippen LogP contribution is -2.29. The Morgan fingerprint density at radius 2 is 1.41 bits per heavy atom. The third kappa shape index (κ3) is 4.93.